The molecule has 0 unspecified atom stereocenters. The quantitative estimate of drug-likeness (QED) is 0.744. The van der Waals surface area contributed by atoms with Crippen LogP contribution in [0.25, 0.3) is 10.2 Å². The average Bonchev–Trinajstić information content (AvgIpc) is 2.80. The standard InChI is InChI=1S/C20H29N3O4S/c1-12-13(2)28-17-16(12)18(26)23(11-21-17)8-15(25)27-9-14(24)22-20(6,7)10-19(3,4)5/h11H,8-10H2,1-7H3,(H,22,24). The molecule has 0 bridgehead atoms. The predicted molar refractivity (Wildman–Crippen MR) is 111 cm³/mol. The molecule has 2 aromatic heterocycles. The molecule has 0 spiro atoms. The van der Waals surface area contributed by atoms with Crippen molar-refractivity contribution in [3.05, 3.63) is 27.1 Å². The lowest BCUT2D eigenvalue weighted by Crippen LogP contribution is -2.47. The second-order valence-electron chi connectivity index (χ2n) is 8.97. The van der Waals surface area contributed by atoms with Gasteiger partial charge in [0.25, 0.3) is 11.5 Å². The molecule has 154 valence electrons. The van der Waals surface area contributed by atoms with Crippen molar-refractivity contribution in [3.63, 3.8) is 0 Å². The number of aromatic nitrogens is 2. The van der Waals surface area contributed by atoms with E-state index in [1.54, 1.807) is 0 Å². The Kier molecular flexibility index (Phi) is 6.33. The largest absolute Gasteiger partial charge is 0.454 e. The molecule has 2 rings (SSSR count). The Hall–Kier alpha value is -2.22. The average molecular weight is 408 g/mol. The smallest absolute Gasteiger partial charge is 0.326 e. The maximum absolute atomic E-state index is 12.6. The van der Waals surface area contributed by atoms with Gasteiger partial charge >= 0.3 is 5.97 Å². The van der Waals surface area contributed by atoms with E-state index in [9.17, 15) is 14.4 Å². The third-order valence-corrected chi connectivity index (χ3v) is 5.38. The molecule has 0 radical (unpaired) electrons. The van der Waals surface area contributed by atoms with Crippen LogP contribution < -0.4 is 10.9 Å². The number of carbonyl (C=O) groups excluding carboxylic acids is 2. The van der Waals surface area contributed by atoms with Crippen LogP contribution in [0, 0.1) is 19.3 Å². The van der Waals surface area contributed by atoms with Gasteiger partial charge < -0.3 is 10.1 Å². The molecule has 0 aliphatic rings. The number of rotatable bonds is 6. The van der Waals surface area contributed by atoms with Crippen LogP contribution >= 0.6 is 11.3 Å². The zero-order chi connectivity index (χ0) is 21.3. The summed E-state index contributed by atoms with van der Waals surface area (Å²) in [5.74, 6) is -1.02. The fourth-order valence-corrected chi connectivity index (χ4v) is 4.48. The van der Waals surface area contributed by atoms with E-state index in [0.29, 0.717) is 10.2 Å². The van der Waals surface area contributed by atoms with Crippen LogP contribution in [-0.2, 0) is 20.9 Å². The summed E-state index contributed by atoms with van der Waals surface area (Å²) < 4.78 is 6.26. The van der Waals surface area contributed by atoms with Gasteiger partial charge in [0.2, 0.25) is 0 Å². The molecule has 0 saturated carbocycles. The third-order valence-electron chi connectivity index (χ3n) is 4.27. The highest BCUT2D eigenvalue weighted by atomic mass is 32.1. The summed E-state index contributed by atoms with van der Waals surface area (Å²) in [5, 5.41) is 3.41. The van der Waals surface area contributed by atoms with Crippen molar-refractivity contribution in [2.24, 2.45) is 5.41 Å². The van der Waals surface area contributed by atoms with Gasteiger partial charge in [-0.1, -0.05) is 20.8 Å². The van der Waals surface area contributed by atoms with Crippen molar-refractivity contribution in [3.8, 4) is 0 Å². The Bertz CT molecular complexity index is 951. The number of hydrogen-bond donors (Lipinski definition) is 1. The second-order valence-corrected chi connectivity index (χ2v) is 10.2. The van der Waals surface area contributed by atoms with Crippen LogP contribution in [0.2, 0.25) is 0 Å². The van der Waals surface area contributed by atoms with E-state index in [0.717, 1.165) is 16.9 Å². The van der Waals surface area contributed by atoms with E-state index in [2.05, 4.69) is 31.1 Å². The molecule has 2 aromatic rings. The molecule has 0 aliphatic carbocycles. The van der Waals surface area contributed by atoms with Crippen molar-refractivity contribution in [2.45, 2.75) is 67.0 Å². The summed E-state index contributed by atoms with van der Waals surface area (Å²) in [6, 6.07) is 0. The van der Waals surface area contributed by atoms with Crippen LogP contribution in [0.4, 0.5) is 0 Å². The number of nitrogens with one attached hydrogen (secondary N) is 1. The molecule has 0 aliphatic heterocycles. The molecule has 28 heavy (non-hydrogen) atoms. The second kappa shape index (κ2) is 8.03. The van der Waals surface area contributed by atoms with E-state index < -0.39 is 11.5 Å². The molecule has 0 aromatic carbocycles. The fraction of sp³-hybridized carbons (Fsp3) is 0.600. The number of carbonyl (C=O) groups is 2. The molecule has 1 amide bonds. The first kappa shape index (κ1) is 22.1. The molecule has 0 atom stereocenters. The van der Waals surface area contributed by atoms with Crippen LogP contribution in [0.5, 0.6) is 0 Å². The van der Waals surface area contributed by atoms with E-state index in [-0.39, 0.29) is 30.0 Å². The Labute approximate surface area is 169 Å². The molecule has 0 saturated heterocycles. The van der Waals surface area contributed by atoms with Crippen LogP contribution in [-0.4, -0.2) is 33.6 Å². The van der Waals surface area contributed by atoms with E-state index in [1.165, 1.54) is 22.2 Å². The van der Waals surface area contributed by atoms with E-state index in [4.69, 9.17) is 4.74 Å². The number of thiophene rings is 1. The predicted octanol–water partition coefficient (Wildman–Crippen LogP) is 2.95. The van der Waals surface area contributed by atoms with E-state index in [1.807, 2.05) is 27.7 Å². The SMILES string of the molecule is Cc1sc2ncn(CC(=O)OCC(=O)NC(C)(C)CC(C)(C)C)c(=O)c2c1C. The topological polar surface area (TPSA) is 90.3 Å². The first-order valence-corrected chi connectivity index (χ1v) is 10.0. The van der Waals surface area contributed by atoms with Gasteiger partial charge in [-0.15, -0.1) is 11.3 Å². The number of amides is 1. The fourth-order valence-electron chi connectivity index (χ4n) is 3.50. The lowest BCUT2D eigenvalue weighted by molar-refractivity contribution is -0.149. The van der Waals surface area contributed by atoms with Crippen molar-refractivity contribution < 1.29 is 14.3 Å². The summed E-state index contributed by atoms with van der Waals surface area (Å²) in [4.78, 5) is 42.8. The molecular formula is C20H29N3O4S. The molecule has 2 heterocycles. The minimum absolute atomic E-state index is 0.0540. The minimum Gasteiger partial charge on any atom is -0.454 e. The maximum Gasteiger partial charge on any atom is 0.326 e. The van der Waals surface area contributed by atoms with Crippen molar-refractivity contribution in [1.29, 1.82) is 0 Å². The lowest BCUT2D eigenvalue weighted by atomic mass is 9.82. The highest BCUT2D eigenvalue weighted by Crippen LogP contribution is 2.27. The molecule has 7 nitrogen and oxygen atoms in total. The van der Waals surface area contributed by atoms with Gasteiger partial charge in [-0.3, -0.25) is 19.0 Å². The normalized spacial score (nSPS) is 12.2. The number of ether oxygens (including phenoxy) is 1. The van der Waals surface area contributed by atoms with Gasteiger partial charge in [0.15, 0.2) is 6.61 Å². The Morgan fingerprint density at radius 3 is 2.46 bits per heavy atom. The van der Waals surface area contributed by atoms with Crippen LogP contribution in [0.15, 0.2) is 11.1 Å². The maximum atomic E-state index is 12.6. The number of aryl methyl sites for hydroxylation is 2. The van der Waals surface area contributed by atoms with Gasteiger partial charge in [-0.2, -0.15) is 0 Å². The van der Waals surface area contributed by atoms with Crippen LogP contribution in [0.3, 0.4) is 0 Å². The molecule has 0 fully saturated rings. The zero-order valence-corrected chi connectivity index (χ0v) is 18.5. The van der Waals surface area contributed by atoms with Crippen molar-refractivity contribution in [2.75, 3.05) is 6.61 Å². The van der Waals surface area contributed by atoms with Crippen molar-refractivity contribution >= 4 is 33.4 Å². The zero-order valence-electron chi connectivity index (χ0n) is 17.6. The van der Waals surface area contributed by atoms with Gasteiger partial charge in [-0.05, 0) is 45.1 Å². The van der Waals surface area contributed by atoms with Gasteiger partial charge in [0.05, 0.1) is 11.7 Å². The van der Waals surface area contributed by atoms with Crippen LogP contribution in [0.1, 0.15) is 51.5 Å². The Morgan fingerprint density at radius 2 is 1.86 bits per heavy atom. The molecule has 8 heteroatoms. The van der Waals surface area contributed by atoms with Crippen molar-refractivity contribution in [1.82, 2.24) is 14.9 Å². The lowest BCUT2D eigenvalue weighted by Gasteiger charge is -2.33. The summed E-state index contributed by atoms with van der Waals surface area (Å²) in [5.41, 5.74) is 0.237. The summed E-state index contributed by atoms with van der Waals surface area (Å²) in [6.07, 6.45) is 2.12. The monoisotopic (exact) mass is 407 g/mol. The third kappa shape index (κ3) is 5.64. The van der Waals surface area contributed by atoms with Gasteiger partial charge in [0, 0.05) is 10.4 Å². The summed E-state index contributed by atoms with van der Waals surface area (Å²) in [6.45, 7) is 13.3. The molecule has 1 N–H and O–H groups in total. The van der Waals surface area contributed by atoms with Gasteiger partial charge in [0.1, 0.15) is 11.4 Å². The highest BCUT2D eigenvalue weighted by Gasteiger charge is 2.27. The summed E-state index contributed by atoms with van der Waals surface area (Å²) >= 11 is 1.45. The highest BCUT2D eigenvalue weighted by molar-refractivity contribution is 7.18. The van der Waals surface area contributed by atoms with Gasteiger partial charge in [-0.25, -0.2) is 4.98 Å². The Morgan fingerprint density at radius 1 is 1.21 bits per heavy atom. The van der Waals surface area contributed by atoms with E-state index >= 15 is 0 Å². The summed E-state index contributed by atoms with van der Waals surface area (Å²) in [7, 11) is 0. The number of esters is 1. The minimum atomic E-state index is -0.656. The Balaban J connectivity index is 1.97. The number of nitrogens with zero attached hydrogens (tertiary/aromatic N) is 2. The molecular weight excluding hydrogens is 378 g/mol. The first-order chi connectivity index (χ1) is 12.8. The number of fused-ring (bicyclic) bond motifs is 1. The number of hydrogen-bond acceptors (Lipinski definition) is 6. The first-order valence-electron chi connectivity index (χ1n) is 9.21.